The van der Waals surface area contributed by atoms with Crippen molar-refractivity contribution in [1.82, 2.24) is 24.3 Å². The number of nitrogens with zero attached hydrogens (tertiary/aromatic N) is 5. The minimum atomic E-state index is 0.565. The first kappa shape index (κ1) is 14.1. The summed E-state index contributed by atoms with van der Waals surface area (Å²) in [6.45, 7) is 2.87. The van der Waals surface area contributed by atoms with E-state index in [0.29, 0.717) is 5.88 Å². The SMILES string of the molecule is Cc1cnc2c(c1)nc(CCCl)n2CCc1cnn(C)c1. The first-order valence-corrected chi connectivity index (χ1v) is 7.56. The van der Waals surface area contributed by atoms with Crippen molar-refractivity contribution in [2.24, 2.45) is 7.05 Å². The second-order valence-electron chi connectivity index (χ2n) is 5.25. The lowest BCUT2D eigenvalue weighted by Gasteiger charge is -2.07. The Morgan fingerprint density at radius 1 is 1.24 bits per heavy atom. The van der Waals surface area contributed by atoms with Gasteiger partial charge in [-0.3, -0.25) is 4.68 Å². The molecule has 0 aliphatic rings. The van der Waals surface area contributed by atoms with Crippen LogP contribution in [0.25, 0.3) is 11.2 Å². The molecule has 3 aromatic rings. The van der Waals surface area contributed by atoms with Crippen molar-refractivity contribution < 1.29 is 0 Å². The lowest BCUT2D eigenvalue weighted by Crippen LogP contribution is -2.07. The average Bonchev–Trinajstić information content (AvgIpc) is 3.00. The second kappa shape index (κ2) is 5.85. The highest BCUT2D eigenvalue weighted by molar-refractivity contribution is 6.17. The summed E-state index contributed by atoms with van der Waals surface area (Å²) in [5.41, 5.74) is 4.21. The monoisotopic (exact) mass is 303 g/mol. The third kappa shape index (κ3) is 2.93. The first-order chi connectivity index (χ1) is 10.2. The third-order valence-electron chi connectivity index (χ3n) is 3.50. The molecule has 0 amide bonds. The number of imidazole rings is 1. The van der Waals surface area contributed by atoms with E-state index in [4.69, 9.17) is 11.6 Å². The van der Waals surface area contributed by atoms with Gasteiger partial charge in [-0.05, 0) is 30.5 Å². The zero-order chi connectivity index (χ0) is 14.8. The summed E-state index contributed by atoms with van der Waals surface area (Å²) in [5, 5.41) is 4.20. The Labute approximate surface area is 128 Å². The van der Waals surface area contributed by atoms with E-state index >= 15 is 0 Å². The standard InChI is InChI=1S/C15H18ClN5/c1-11-7-13-15(17-8-11)21(14(19-13)3-5-16)6-4-12-9-18-20(2)10-12/h7-10H,3-6H2,1-2H3. The number of rotatable bonds is 5. The molecule has 0 radical (unpaired) electrons. The summed E-state index contributed by atoms with van der Waals surface area (Å²) in [6.07, 6.45) is 7.49. The van der Waals surface area contributed by atoms with Crippen LogP contribution in [0.2, 0.25) is 0 Å². The summed E-state index contributed by atoms with van der Waals surface area (Å²) in [7, 11) is 1.93. The van der Waals surface area contributed by atoms with Crippen LogP contribution >= 0.6 is 11.6 Å². The molecule has 3 rings (SSSR count). The van der Waals surface area contributed by atoms with Crippen molar-refractivity contribution in [3.63, 3.8) is 0 Å². The van der Waals surface area contributed by atoms with E-state index in [1.54, 1.807) is 0 Å². The van der Waals surface area contributed by atoms with Crippen molar-refractivity contribution >= 4 is 22.8 Å². The number of alkyl halides is 1. The van der Waals surface area contributed by atoms with Crippen molar-refractivity contribution in [3.8, 4) is 0 Å². The maximum Gasteiger partial charge on any atom is 0.160 e. The van der Waals surface area contributed by atoms with E-state index in [2.05, 4.69) is 25.7 Å². The molecule has 6 heteroatoms. The molecule has 0 spiro atoms. The molecule has 5 nitrogen and oxygen atoms in total. The number of fused-ring (bicyclic) bond motifs is 1. The number of halogens is 1. The number of hydrogen-bond donors (Lipinski definition) is 0. The first-order valence-electron chi connectivity index (χ1n) is 7.02. The molecule has 0 aliphatic carbocycles. The Bertz CT molecular complexity index is 759. The molecular formula is C15H18ClN5. The normalized spacial score (nSPS) is 11.4. The van der Waals surface area contributed by atoms with Gasteiger partial charge in [0.25, 0.3) is 0 Å². The maximum absolute atomic E-state index is 5.90. The van der Waals surface area contributed by atoms with Crippen molar-refractivity contribution in [2.75, 3.05) is 5.88 Å². The van der Waals surface area contributed by atoms with Crippen LogP contribution < -0.4 is 0 Å². The van der Waals surface area contributed by atoms with E-state index in [0.717, 1.165) is 41.9 Å². The molecule has 0 N–H and O–H groups in total. The zero-order valence-electron chi connectivity index (χ0n) is 12.3. The highest BCUT2D eigenvalue weighted by Crippen LogP contribution is 2.17. The summed E-state index contributed by atoms with van der Waals surface area (Å²) in [4.78, 5) is 9.21. The van der Waals surface area contributed by atoms with Gasteiger partial charge >= 0.3 is 0 Å². The number of aromatic nitrogens is 5. The molecule has 0 saturated heterocycles. The number of hydrogen-bond acceptors (Lipinski definition) is 3. The van der Waals surface area contributed by atoms with Crippen LogP contribution in [0.15, 0.2) is 24.7 Å². The molecule has 21 heavy (non-hydrogen) atoms. The minimum absolute atomic E-state index is 0.565. The van der Waals surface area contributed by atoms with E-state index in [1.807, 2.05) is 37.2 Å². The molecular weight excluding hydrogens is 286 g/mol. The lowest BCUT2D eigenvalue weighted by atomic mass is 10.2. The van der Waals surface area contributed by atoms with E-state index in [9.17, 15) is 0 Å². The van der Waals surface area contributed by atoms with Crippen molar-refractivity contribution in [3.05, 3.63) is 41.6 Å². The van der Waals surface area contributed by atoms with Crippen LogP contribution in [0.5, 0.6) is 0 Å². The molecule has 0 unspecified atom stereocenters. The van der Waals surface area contributed by atoms with Crippen LogP contribution in [0.4, 0.5) is 0 Å². The fourth-order valence-electron chi connectivity index (χ4n) is 2.51. The molecule has 110 valence electrons. The van der Waals surface area contributed by atoms with E-state index in [-0.39, 0.29) is 0 Å². The Morgan fingerprint density at radius 3 is 2.81 bits per heavy atom. The van der Waals surface area contributed by atoms with Crippen LogP contribution in [-0.2, 0) is 26.4 Å². The molecule has 0 aliphatic heterocycles. The lowest BCUT2D eigenvalue weighted by molar-refractivity contribution is 0.669. The van der Waals surface area contributed by atoms with Crippen molar-refractivity contribution in [1.29, 1.82) is 0 Å². The number of pyridine rings is 1. The Kier molecular flexibility index (Phi) is 3.92. The number of aryl methyl sites for hydroxylation is 5. The molecule has 0 atom stereocenters. The van der Waals surface area contributed by atoms with Gasteiger partial charge in [0.05, 0.1) is 6.20 Å². The van der Waals surface area contributed by atoms with E-state index in [1.165, 1.54) is 5.56 Å². The largest absolute Gasteiger partial charge is 0.312 e. The molecule has 0 bridgehead atoms. The van der Waals surface area contributed by atoms with Gasteiger partial charge in [0.2, 0.25) is 0 Å². The van der Waals surface area contributed by atoms with Gasteiger partial charge in [0.1, 0.15) is 11.3 Å². The predicted molar refractivity (Wildman–Crippen MR) is 83.6 cm³/mol. The van der Waals surface area contributed by atoms with Crippen LogP contribution in [-0.4, -0.2) is 30.2 Å². The summed E-state index contributed by atoms with van der Waals surface area (Å²) < 4.78 is 3.99. The van der Waals surface area contributed by atoms with Gasteiger partial charge < -0.3 is 4.57 Å². The van der Waals surface area contributed by atoms with Gasteiger partial charge in [0.15, 0.2) is 5.65 Å². The average molecular weight is 304 g/mol. The van der Waals surface area contributed by atoms with Crippen LogP contribution in [0.1, 0.15) is 17.0 Å². The summed E-state index contributed by atoms with van der Waals surface area (Å²) >= 11 is 5.90. The molecule has 0 aromatic carbocycles. The maximum atomic E-state index is 5.90. The minimum Gasteiger partial charge on any atom is -0.312 e. The highest BCUT2D eigenvalue weighted by Gasteiger charge is 2.12. The summed E-state index contributed by atoms with van der Waals surface area (Å²) in [5.74, 6) is 1.57. The van der Waals surface area contributed by atoms with E-state index < -0.39 is 0 Å². The molecule has 3 aromatic heterocycles. The Balaban J connectivity index is 1.92. The topological polar surface area (TPSA) is 48.5 Å². The summed E-state index contributed by atoms with van der Waals surface area (Å²) in [6, 6.07) is 2.07. The van der Waals surface area contributed by atoms with Gasteiger partial charge in [0, 0.05) is 38.3 Å². The van der Waals surface area contributed by atoms with Crippen LogP contribution in [0.3, 0.4) is 0 Å². The molecule has 0 saturated carbocycles. The van der Waals surface area contributed by atoms with Gasteiger partial charge in [-0.25, -0.2) is 9.97 Å². The van der Waals surface area contributed by atoms with Gasteiger partial charge in [-0.1, -0.05) is 0 Å². The highest BCUT2D eigenvalue weighted by atomic mass is 35.5. The quantitative estimate of drug-likeness (QED) is 0.680. The Hall–Kier alpha value is -1.88. The fourth-order valence-corrected chi connectivity index (χ4v) is 2.68. The molecule has 0 fully saturated rings. The predicted octanol–water partition coefficient (Wildman–Crippen LogP) is 2.50. The second-order valence-corrected chi connectivity index (χ2v) is 5.62. The van der Waals surface area contributed by atoms with Gasteiger partial charge in [-0.2, -0.15) is 5.10 Å². The van der Waals surface area contributed by atoms with Crippen LogP contribution in [0, 0.1) is 6.92 Å². The third-order valence-corrected chi connectivity index (χ3v) is 3.69. The fraction of sp³-hybridized carbons (Fsp3) is 0.400. The van der Waals surface area contributed by atoms with Gasteiger partial charge in [-0.15, -0.1) is 11.6 Å². The Morgan fingerprint density at radius 2 is 2.10 bits per heavy atom. The van der Waals surface area contributed by atoms with Crippen molar-refractivity contribution in [2.45, 2.75) is 26.3 Å². The molecule has 3 heterocycles. The zero-order valence-corrected chi connectivity index (χ0v) is 13.0. The smallest absolute Gasteiger partial charge is 0.160 e.